The molecule has 2 nitrogen and oxygen atoms in total. The van der Waals surface area contributed by atoms with Gasteiger partial charge in [0, 0.05) is 12.7 Å². The average molecular weight is 194 g/mol. The van der Waals surface area contributed by atoms with Gasteiger partial charge in [0.25, 0.3) is 0 Å². The number of rotatable bonds is 5. The average Bonchev–Trinajstić information content (AvgIpc) is 2.96. The minimum atomic E-state index is -0.258. The molecule has 2 rings (SSSR count). The molecule has 0 spiro atoms. The Labute approximate surface area is 83.6 Å². The van der Waals surface area contributed by atoms with Crippen molar-refractivity contribution in [3.05, 3.63) is 29.8 Å². The number of aromatic nitrogens is 1. The van der Waals surface area contributed by atoms with Crippen molar-refractivity contribution in [2.45, 2.75) is 25.8 Å². The maximum atomic E-state index is 12.7. The van der Waals surface area contributed by atoms with E-state index in [0.717, 1.165) is 24.6 Å². The van der Waals surface area contributed by atoms with E-state index in [0.29, 0.717) is 0 Å². The number of hydrogen-bond acceptors (Lipinski definition) is 2. The smallest absolute Gasteiger partial charge is 0.141 e. The third-order valence-corrected chi connectivity index (χ3v) is 2.52. The van der Waals surface area contributed by atoms with Gasteiger partial charge in [-0.25, -0.2) is 4.39 Å². The summed E-state index contributed by atoms with van der Waals surface area (Å²) in [4.78, 5) is 3.80. The van der Waals surface area contributed by atoms with E-state index < -0.39 is 0 Å². The van der Waals surface area contributed by atoms with Crippen LogP contribution in [0, 0.1) is 11.7 Å². The van der Waals surface area contributed by atoms with Crippen LogP contribution in [0.5, 0.6) is 0 Å². The molecule has 0 radical (unpaired) electrons. The molecule has 76 valence electrons. The first-order valence-corrected chi connectivity index (χ1v) is 5.15. The molecule has 0 unspecified atom stereocenters. The molecule has 1 aliphatic carbocycles. The van der Waals surface area contributed by atoms with Crippen molar-refractivity contribution in [2.24, 2.45) is 5.92 Å². The molecule has 1 heterocycles. The minimum absolute atomic E-state index is 0.258. The summed E-state index contributed by atoms with van der Waals surface area (Å²) in [5.41, 5.74) is 0.917. The summed E-state index contributed by atoms with van der Waals surface area (Å²) in [7, 11) is 0. The Kier molecular flexibility index (Phi) is 3.09. The molecule has 1 aromatic heterocycles. The molecule has 0 saturated heterocycles. The molecule has 0 aromatic carbocycles. The highest BCUT2D eigenvalue weighted by atomic mass is 19.1. The molecule has 3 heteroatoms. The van der Waals surface area contributed by atoms with Crippen LogP contribution in [0.3, 0.4) is 0 Å². The molecular weight excluding hydrogens is 179 g/mol. The van der Waals surface area contributed by atoms with Crippen LogP contribution in [0.15, 0.2) is 18.5 Å². The van der Waals surface area contributed by atoms with Crippen molar-refractivity contribution < 1.29 is 4.39 Å². The van der Waals surface area contributed by atoms with Crippen LogP contribution >= 0.6 is 0 Å². The minimum Gasteiger partial charge on any atom is -0.313 e. The van der Waals surface area contributed by atoms with Crippen molar-refractivity contribution in [1.29, 1.82) is 0 Å². The van der Waals surface area contributed by atoms with Crippen molar-refractivity contribution in [1.82, 2.24) is 10.3 Å². The van der Waals surface area contributed by atoms with Crippen LogP contribution in [0.2, 0.25) is 0 Å². The van der Waals surface area contributed by atoms with Crippen LogP contribution in [0.1, 0.15) is 24.8 Å². The standard InChI is InChI=1S/C11H15FN2/c12-11-5-10(7-14-8-11)6-13-4-3-9-1-2-9/h5,7-9,13H,1-4,6H2. The molecule has 0 atom stereocenters. The van der Waals surface area contributed by atoms with Gasteiger partial charge in [0.1, 0.15) is 5.82 Å². The first-order chi connectivity index (χ1) is 6.84. The predicted molar refractivity (Wildman–Crippen MR) is 53.2 cm³/mol. The van der Waals surface area contributed by atoms with E-state index in [2.05, 4.69) is 10.3 Å². The second-order valence-corrected chi connectivity index (χ2v) is 3.92. The Hall–Kier alpha value is -0.960. The number of nitrogens with zero attached hydrogens (tertiary/aromatic N) is 1. The second kappa shape index (κ2) is 4.51. The van der Waals surface area contributed by atoms with E-state index in [4.69, 9.17) is 0 Å². The lowest BCUT2D eigenvalue weighted by atomic mass is 10.2. The monoisotopic (exact) mass is 194 g/mol. The normalized spacial score (nSPS) is 15.8. The maximum absolute atomic E-state index is 12.7. The van der Waals surface area contributed by atoms with Gasteiger partial charge in [-0.3, -0.25) is 4.98 Å². The zero-order valence-corrected chi connectivity index (χ0v) is 8.17. The van der Waals surface area contributed by atoms with Gasteiger partial charge < -0.3 is 5.32 Å². The lowest BCUT2D eigenvalue weighted by molar-refractivity contribution is 0.597. The fourth-order valence-corrected chi connectivity index (χ4v) is 1.50. The summed E-state index contributed by atoms with van der Waals surface area (Å²) in [6, 6.07) is 1.52. The number of pyridine rings is 1. The molecule has 1 fully saturated rings. The van der Waals surface area contributed by atoms with Crippen molar-refractivity contribution >= 4 is 0 Å². The summed E-state index contributed by atoms with van der Waals surface area (Å²) in [5.74, 6) is 0.694. The van der Waals surface area contributed by atoms with Gasteiger partial charge in [0.15, 0.2) is 0 Å². The summed E-state index contributed by atoms with van der Waals surface area (Å²) in [6.45, 7) is 1.75. The van der Waals surface area contributed by atoms with Gasteiger partial charge in [0.05, 0.1) is 6.20 Å². The molecule has 0 aliphatic heterocycles. The Morgan fingerprint density at radius 3 is 3.00 bits per heavy atom. The van der Waals surface area contributed by atoms with Crippen LogP contribution in [-0.4, -0.2) is 11.5 Å². The van der Waals surface area contributed by atoms with E-state index in [1.54, 1.807) is 6.20 Å². The highest BCUT2D eigenvalue weighted by Crippen LogP contribution is 2.31. The van der Waals surface area contributed by atoms with Gasteiger partial charge in [-0.1, -0.05) is 12.8 Å². The molecule has 1 aliphatic rings. The predicted octanol–water partition coefficient (Wildman–Crippen LogP) is 2.11. The third kappa shape index (κ3) is 3.07. The van der Waals surface area contributed by atoms with Crippen molar-refractivity contribution in [3.63, 3.8) is 0 Å². The van der Waals surface area contributed by atoms with Gasteiger partial charge in [-0.15, -0.1) is 0 Å². The van der Waals surface area contributed by atoms with Crippen molar-refractivity contribution in [3.8, 4) is 0 Å². The molecule has 1 aromatic rings. The molecule has 1 saturated carbocycles. The topological polar surface area (TPSA) is 24.9 Å². The Morgan fingerprint density at radius 1 is 1.43 bits per heavy atom. The molecule has 1 N–H and O–H groups in total. The molecular formula is C11H15FN2. The fraction of sp³-hybridized carbons (Fsp3) is 0.545. The quantitative estimate of drug-likeness (QED) is 0.726. The third-order valence-electron chi connectivity index (χ3n) is 2.52. The summed E-state index contributed by atoms with van der Waals surface area (Å²) < 4.78 is 12.7. The first-order valence-electron chi connectivity index (χ1n) is 5.15. The van der Waals surface area contributed by atoms with Crippen LogP contribution in [0.25, 0.3) is 0 Å². The summed E-state index contributed by atoms with van der Waals surface area (Å²) >= 11 is 0. The summed E-state index contributed by atoms with van der Waals surface area (Å²) in [5, 5.41) is 3.29. The lowest BCUT2D eigenvalue weighted by Crippen LogP contribution is -2.15. The van der Waals surface area contributed by atoms with E-state index in [9.17, 15) is 4.39 Å². The highest BCUT2D eigenvalue weighted by Gasteiger charge is 2.19. The zero-order valence-electron chi connectivity index (χ0n) is 8.17. The second-order valence-electron chi connectivity index (χ2n) is 3.92. The van der Waals surface area contributed by atoms with Crippen LogP contribution in [0.4, 0.5) is 4.39 Å². The van der Waals surface area contributed by atoms with Gasteiger partial charge in [-0.05, 0) is 30.5 Å². The lowest BCUT2D eigenvalue weighted by Gasteiger charge is -2.03. The van der Waals surface area contributed by atoms with Crippen LogP contribution < -0.4 is 5.32 Å². The van der Waals surface area contributed by atoms with Crippen LogP contribution in [-0.2, 0) is 6.54 Å². The zero-order chi connectivity index (χ0) is 9.80. The molecule has 0 bridgehead atoms. The Bertz CT molecular complexity index is 297. The first kappa shape index (κ1) is 9.59. The number of nitrogens with one attached hydrogen (secondary N) is 1. The number of halogens is 1. The Balaban J connectivity index is 1.68. The summed E-state index contributed by atoms with van der Waals surface area (Å²) in [6.07, 6.45) is 6.97. The van der Waals surface area contributed by atoms with E-state index >= 15 is 0 Å². The Morgan fingerprint density at radius 2 is 2.29 bits per heavy atom. The highest BCUT2D eigenvalue weighted by molar-refractivity contribution is 5.09. The molecule has 14 heavy (non-hydrogen) atoms. The van der Waals surface area contributed by atoms with E-state index in [1.807, 2.05) is 0 Å². The maximum Gasteiger partial charge on any atom is 0.141 e. The van der Waals surface area contributed by atoms with E-state index in [1.165, 1.54) is 31.5 Å². The van der Waals surface area contributed by atoms with E-state index in [-0.39, 0.29) is 5.82 Å². The van der Waals surface area contributed by atoms with Gasteiger partial charge in [0.2, 0.25) is 0 Å². The largest absolute Gasteiger partial charge is 0.313 e. The van der Waals surface area contributed by atoms with Crippen molar-refractivity contribution in [2.75, 3.05) is 6.54 Å². The number of hydrogen-bond donors (Lipinski definition) is 1. The van der Waals surface area contributed by atoms with Gasteiger partial charge in [-0.2, -0.15) is 0 Å². The SMILES string of the molecule is Fc1cncc(CNCCC2CC2)c1. The fourth-order valence-electron chi connectivity index (χ4n) is 1.50. The van der Waals surface area contributed by atoms with Gasteiger partial charge >= 0.3 is 0 Å². The molecule has 0 amide bonds.